The predicted octanol–water partition coefficient (Wildman–Crippen LogP) is 2.87. The lowest BCUT2D eigenvalue weighted by Gasteiger charge is -2.31. The Morgan fingerprint density at radius 3 is 2.31 bits per heavy atom. The molecule has 4 rings (SSSR count). The normalized spacial score (nSPS) is 15.6. The fraction of sp³-hybridized carbons (Fsp3) is 0.231. The molecule has 9 heteroatoms. The van der Waals surface area contributed by atoms with Gasteiger partial charge in [-0.3, -0.25) is 29.2 Å². The maximum Gasteiger partial charge on any atom is 0.258 e. The van der Waals surface area contributed by atoms with Crippen molar-refractivity contribution in [3.8, 4) is 5.75 Å². The van der Waals surface area contributed by atoms with Gasteiger partial charge >= 0.3 is 0 Å². The summed E-state index contributed by atoms with van der Waals surface area (Å²) in [6, 6.07) is 15.8. The number of rotatable bonds is 6. The van der Waals surface area contributed by atoms with Crippen LogP contribution in [0.1, 0.15) is 13.8 Å². The highest BCUT2D eigenvalue weighted by Gasteiger charge is 2.40. The molecule has 9 nitrogen and oxygen atoms in total. The zero-order valence-electron chi connectivity index (χ0n) is 19.8. The topological polar surface area (TPSA) is 109 Å². The molecule has 1 aliphatic rings. The molecule has 0 fully saturated rings. The van der Waals surface area contributed by atoms with Gasteiger partial charge in [0.15, 0.2) is 6.04 Å². The number of aromatic nitrogens is 1. The fourth-order valence-electron chi connectivity index (χ4n) is 4.13. The number of anilines is 4. The highest BCUT2D eigenvalue weighted by Crippen LogP contribution is 2.37. The van der Waals surface area contributed by atoms with Gasteiger partial charge < -0.3 is 15.4 Å². The lowest BCUT2D eigenvalue weighted by molar-refractivity contribution is -0.129. The first-order valence-corrected chi connectivity index (χ1v) is 11.2. The lowest BCUT2D eigenvalue weighted by Crippen LogP contribution is -2.53. The quantitative estimate of drug-likeness (QED) is 0.552. The third-order valence-corrected chi connectivity index (χ3v) is 5.77. The van der Waals surface area contributed by atoms with Gasteiger partial charge in [0.05, 0.1) is 30.4 Å². The van der Waals surface area contributed by atoms with Crippen molar-refractivity contribution in [1.82, 2.24) is 4.98 Å². The highest BCUT2D eigenvalue weighted by molar-refractivity contribution is 6.23. The first kappa shape index (κ1) is 23.9. The van der Waals surface area contributed by atoms with Crippen molar-refractivity contribution in [2.75, 3.05) is 28.4 Å². The van der Waals surface area contributed by atoms with Crippen molar-refractivity contribution in [1.29, 1.82) is 0 Å². The van der Waals surface area contributed by atoms with Crippen LogP contribution in [0.5, 0.6) is 5.75 Å². The smallest absolute Gasteiger partial charge is 0.258 e. The number of methoxy groups -OCH3 is 1. The van der Waals surface area contributed by atoms with Gasteiger partial charge in [0.2, 0.25) is 5.91 Å². The molecule has 2 N–H and O–H groups in total. The van der Waals surface area contributed by atoms with E-state index < -0.39 is 17.9 Å². The number of fused-ring (bicyclic) bond motifs is 1. The Morgan fingerprint density at radius 1 is 1.03 bits per heavy atom. The summed E-state index contributed by atoms with van der Waals surface area (Å²) in [6.07, 6.45) is 3.12. The number of ether oxygens (including phenoxy) is 1. The number of hydrogen-bond donors (Lipinski definition) is 1. The minimum Gasteiger partial charge on any atom is -0.497 e. The molecule has 0 saturated carbocycles. The summed E-state index contributed by atoms with van der Waals surface area (Å²) in [4.78, 5) is 48.6. The van der Waals surface area contributed by atoms with Crippen LogP contribution in [-0.4, -0.2) is 48.4 Å². The molecule has 1 atom stereocenters. The van der Waals surface area contributed by atoms with Crippen molar-refractivity contribution in [2.45, 2.75) is 25.9 Å². The van der Waals surface area contributed by atoms with E-state index in [4.69, 9.17) is 10.5 Å². The molecule has 0 bridgehead atoms. The SMILES string of the molecule is COc1ccc(N(C(=O)CN2C(=O)C(N)C(=O)N(c3cccnc3)c3ccccc32)C(C)C)cc1. The lowest BCUT2D eigenvalue weighted by atomic mass is 10.2. The molecule has 0 saturated heterocycles. The summed E-state index contributed by atoms with van der Waals surface area (Å²) < 4.78 is 5.22. The van der Waals surface area contributed by atoms with Crippen LogP contribution < -0.4 is 25.2 Å². The number of benzene rings is 2. The number of nitrogens with zero attached hydrogens (tertiary/aromatic N) is 4. The Morgan fingerprint density at radius 2 is 1.71 bits per heavy atom. The molecule has 0 spiro atoms. The van der Waals surface area contributed by atoms with Gasteiger partial charge in [-0.15, -0.1) is 0 Å². The molecule has 2 aromatic carbocycles. The first-order valence-electron chi connectivity index (χ1n) is 11.2. The second kappa shape index (κ2) is 9.94. The maximum atomic E-state index is 13.6. The molecule has 180 valence electrons. The van der Waals surface area contributed by atoms with Gasteiger partial charge in [-0.05, 0) is 62.4 Å². The van der Waals surface area contributed by atoms with Gasteiger partial charge in [0, 0.05) is 17.9 Å². The Hall–Kier alpha value is -4.24. The van der Waals surface area contributed by atoms with Crippen molar-refractivity contribution < 1.29 is 19.1 Å². The Bertz CT molecular complexity index is 1230. The zero-order valence-corrected chi connectivity index (χ0v) is 19.8. The van der Waals surface area contributed by atoms with Gasteiger partial charge in [-0.1, -0.05) is 12.1 Å². The van der Waals surface area contributed by atoms with Crippen molar-refractivity contribution in [3.63, 3.8) is 0 Å². The van der Waals surface area contributed by atoms with Crippen LogP contribution in [0.2, 0.25) is 0 Å². The van der Waals surface area contributed by atoms with Crippen molar-refractivity contribution in [3.05, 3.63) is 73.1 Å². The molecule has 2 heterocycles. The number of amides is 3. The monoisotopic (exact) mass is 473 g/mol. The van der Waals surface area contributed by atoms with Crippen LogP contribution in [0.3, 0.4) is 0 Å². The molecule has 3 amide bonds. The van der Waals surface area contributed by atoms with E-state index >= 15 is 0 Å². The van der Waals surface area contributed by atoms with Crippen LogP contribution in [0.25, 0.3) is 0 Å². The number of hydrogen-bond acceptors (Lipinski definition) is 6. The van der Waals surface area contributed by atoms with Crippen LogP contribution in [0.4, 0.5) is 22.7 Å². The first-order chi connectivity index (χ1) is 16.8. The minimum absolute atomic E-state index is 0.185. The standard InChI is InChI=1S/C26H27N5O4/c1-17(2)30(18-10-12-20(35-3)13-11-18)23(32)16-29-21-8-4-5-9-22(21)31(19-7-6-14-28-15-19)26(34)24(27)25(29)33/h4-15,17,24H,16,27H2,1-3H3. The fourth-order valence-corrected chi connectivity index (χ4v) is 4.13. The summed E-state index contributed by atoms with van der Waals surface area (Å²) in [5.41, 5.74) is 8.13. The summed E-state index contributed by atoms with van der Waals surface area (Å²) in [5.74, 6) is -0.897. The molecule has 1 unspecified atom stereocenters. The molecule has 3 aromatic rings. The second-order valence-corrected chi connectivity index (χ2v) is 8.33. The number of carbonyl (C=O) groups excluding carboxylic acids is 3. The maximum absolute atomic E-state index is 13.6. The molecular formula is C26H27N5O4. The summed E-state index contributed by atoms with van der Waals surface area (Å²) >= 11 is 0. The minimum atomic E-state index is -1.48. The van der Waals surface area contributed by atoms with E-state index in [2.05, 4.69) is 4.98 Å². The Labute approximate surface area is 203 Å². The van der Waals surface area contributed by atoms with Crippen LogP contribution >= 0.6 is 0 Å². The average Bonchev–Trinajstić information content (AvgIpc) is 2.94. The van der Waals surface area contributed by atoms with E-state index in [1.807, 2.05) is 13.8 Å². The molecule has 35 heavy (non-hydrogen) atoms. The van der Waals surface area contributed by atoms with E-state index in [0.29, 0.717) is 28.5 Å². The van der Waals surface area contributed by atoms with Gasteiger partial charge in [0.25, 0.3) is 11.8 Å². The van der Waals surface area contributed by atoms with E-state index in [9.17, 15) is 14.4 Å². The van der Waals surface area contributed by atoms with Gasteiger partial charge in [0.1, 0.15) is 12.3 Å². The average molecular weight is 474 g/mol. The molecule has 0 radical (unpaired) electrons. The number of para-hydroxylation sites is 2. The molecule has 1 aromatic heterocycles. The van der Waals surface area contributed by atoms with Gasteiger partial charge in [-0.2, -0.15) is 0 Å². The predicted molar refractivity (Wildman–Crippen MR) is 134 cm³/mol. The Kier molecular flexibility index (Phi) is 6.79. The Balaban J connectivity index is 1.74. The second-order valence-electron chi connectivity index (χ2n) is 8.33. The molecule has 1 aliphatic heterocycles. The van der Waals surface area contributed by atoms with Crippen molar-refractivity contribution in [2.24, 2.45) is 5.73 Å². The van der Waals surface area contributed by atoms with E-state index in [-0.39, 0.29) is 18.5 Å². The highest BCUT2D eigenvalue weighted by atomic mass is 16.5. The number of carbonyl (C=O) groups is 3. The number of pyridine rings is 1. The molecule has 0 aliphatic carbocycles. The molecular weight excluding hydrogens is 446 g/mol. The van der Waals surface area contributed by atoms with Gasteiger partial charge in [-0.25, -0.2) is 0 Å². The van der Waals surface area contributed by atoms with Crippen LogP contribution in [0.15, 0.2) is 73.1 Å². The summed E-state index contributed by atoms with van der Waals surface area (Å²) in [5, 5.41) is 0. The number of nitrogens with two attached hydrogens (primary N) is 1. The third kappa shape index (κ3) is 4.58. The largest absolute Gasteiger partial charge is 0.497 e. The van der Waals surface area contributed by atoms with Crippen molar-refractivity contribution >= 4 is 40.5 Å². The van der Waals surface area contributed by atoms with E-state index in [0.717, 1.165) is 0 Å². The van der Waals surface area contributed by atoms with E-state index in [1.54, 1.807) is 78.9 Å². The van der Waals surface area contributed by atoms with Crippen LogP contribution in [0, 0.1) is 0 Å². The van der Waals surface area contributed by atoms with Crippen LogP contribution in [-0.2, 0) is 14.4 Å². The third-order valence-electron chi connectivity index (χ3n) is 5.77. The summed E-state index contributed by atoms with van der Waals surface area (Å²) in [6.45, 7) is 3.49. The summed E-state index contributed by atoms with van der Waals surface area (Å²) in [7, 11) is 1.57. The zero-order chi connectivity index (χ0) is 25.1. The van der Waals surface area contributed by atoms with E-state index in [1.165, 1.54) is 16.0 Å².